The predicted octanol–water partition coefficient (Wildman–Crippen LogP) is 5.72. The van der Waals surface area contributed by atoms with E-state index in [0.717, 1.165) is 58.8 Å². The second-order valence-electron chi connectivity index (χ2n) is 7.30. The van der Waals surface area contributed by atoms with E-state index in [2.05, 4.69) is 47.2 Å². The molecule has 4 rings (SSSR count). The van der Waals surface area contributed by atoms with Gasteiger partial charge in [-0.2, -0.15) is 0 Å². The monoisotopic (exact) mass is 428 g/mol. The molecule has 146 valence electrons. The van der Waals surface area contributed by atoms with Gasteiger partial charge >= 0.3 is 0 Å². The molecular formula is C22H24N2OS3. The fourth-order valence-corrected chi connectivity index (χ4v) is 6.56. The SMILES string of the molecule is CN1CCCN(Cc2cc(-c3ssc(=S)c3-c3ccccc3)ccc2O)CC1. The molecule has 3 aromatic rings. The average molecular weight is 429 g/mol. The number of hydrogen-bond acceptors (Lipinski definition) is 6. The molecule has 1 aromatic heterocycles. The number of hydrogen-bond donors (Lipinski definition) is 1. The highest BCUT2D eigenvalue weighted by atomic mass is 32.9. The Kier molecular flexibility index (Phi) is 6.23. The molecule has 1 aliphatic rings. The summed E-state index contributed by atoms with van der Waals surface area (Å²) in [4.78, 5) is 6.01. The minimum absolute atomic E-state index is 0.376. The number of aromatic hydroxyl groups is 1. The molecule has 1 N–H and O–H groups in total. The van der Waals surface area contributed by atoms with Gasteiger partial charge in [-0.05, 0) is 55.9 Å². The molecule has 0 saturated carbocycles. The smallest absolute Gasteiger partial charge is 0.120 e. The quantitative estimate of drug-likeness (QED) is 0.425. The average Bonchev–Trinajstić information content (AvgIpc) is 2.97. The highest BCUT2D eigenvalue weighted by Crippen LogP contribution is 2.42. The largest absolute Gasteiger partial charge is 0.508 e. The van der Waals surface area contributed by atoms with Crippen LogP contribution in [0.4, 0.5) is 0 Å². The summed E-state index contributed by atoms with van der Waals surface area (Å²) in [5.41, 5.74) is 4.42. The van der Waals surface area contributed by atoms with Crippen LogP contribution in [-0.4, -0.2) is 48.1 Å². The van der Waals surface area contributed by atoms with Crippen LogP contribution >= 0.6 is 32.9 Å². The Labute approximate surface area is 178 Å². The van der Waals surface area contributed by atoms with Gasteiger partial charge in [0, 0.05) is 30.8 Å². The van der Waals surface area contributed by atoms with Crippen LogP contribution in [0.5, 0.6) is 5.75 Å². The van der Waals surface area contributed by atoms with Crippen LogP contribution in [0.3, 0.4) is 0 Å². The molecule has 0 unspecified atom stereocenters. The van der Waals surface area contributed by atoms with Gasteiger partial charge in [0.05, 0.1) is 4.88 Å². The van der Waals surface area contributed by atoms with E-state index in [-0.39, 0.29) is 0 Å². The standard InChI is InChI=1S/C22H24N2OS3/c1-23-10-5-11-24(13-12-23)15-18-14-17(8-9-19(18)25)21-20(22(26)28-27-21)16-6-3-2-4-7-16/h2-4,6-9,14,25H,5,10-13,15H2,1H3. The maximum atomic E-state index is 10.5. The van der Waals surface area contributed by atoms with E-state index in [1.807, 2.05) is 18.2 Å². The van der Waals surface area contributed by atoms with E-state index >= 15 is 0 Å². The molecule has 1 aliphatic heterocycles. The van der Waals surface area contributed by atoms with Crippen molar-refractivity contribution in [1.82, 2.24) is 9.80 Å². The van der Waals surface area contributed by atoms with Gasteiger partial charge in [-0.15, -0.1) is 0 Å². The van der Waals surface area contributed by atoms with Crippen LogP contribution in [0.15, 0.2) is 48.5 Å². The number of phenols is 1. The molecule has 2 heterocycles. The summed E-state index contributed by atoms with van der Waals surface area (Å²) in [6.07, 6.45) is 1.17. The Bertz CT molecular complexity index is 997. The first kappa shape index (κ1) is 19.7. The molecule has 1 saturated heterocycles. The summed E-state index contributed by atoms with van der Waals surface area (Å²) in [7, 11) is 5.55. The van der Waals surface area contributed by atoms with Gasteiger partial charge < -0.3 is 10.0 Å². The Balaban J connectivity index is 1.66. The maximum absolute atomic E-state index is 10.5. The lowest BCUT2D eigenvalue weighted by Crippen LogP contribution is -2.28. The van der Waals surface area contributed by atoms with Crippen LogP contribution in [0.2, 0.25) is 0 Å². The van der Waals surface area contributed by atoms with E-state index in [1.54, 1.807) is 20.7 Å². The van der Waals surface area contributed by atoms with Crippen LogP contribution in [-0.2, 0) is 6.54 Å². The first-order valence-corrected chi connectivity index (χ1v) is 12.1. The van der Waals surface area contributed by atoms with Crippen LogP contribution < -0.4 is 0 Å². The van der Waals surface area contributed by atoms with Crippen molar-refractivity contribution in [3.05, 3.63) is 57.9 Å². The highest BCUT2D eigenvalue weighted by molar-refractivity contribution is 7.80. The lowest BCUT2D eigenvalue weighted by Gasteiger charge is -2.21. The van der Waals surface area contributed by atoms with Crippen molar-refractivity contribution in [3.63, 3.8) is 0 Å². The molecule has 2 aromatic carbocycles. The zero-order valence-electron chi connectivity index (χ0n) is 15.9. The topological polar surface area (TPSA) is 26.7 Å². The van der Waals surface area contributed by atoms with Crippen LogP contribution in [0.1, 0.15) is 12.0 Å². The summed E-state index contributed by atoms with van der Waals surface area (Å²) in [6, 6.07) is 16.3. The Morgan fingerprint density at radius 3 is 2.61 bits per heavy atom. The predicted molar refractivity (Wildman–Crippen MR) is 123 cm³/mol. The molecule has 6 heteroatoms. The van der Waals surface area contributed by atoms with Crippen LogP contribution in [0.25, 0.3) is 21.6 Å². The second-order valence-corrected chi connectivity index (χ2v) is 10.1. The zero-order chi connectivity index (χ0) is 19.5. The molecule has 0 radical (unpaired) electrons. The van der Waals surface area contributed by atoms with Gasteiger partial charge in [0.1, 0.15) is 9.57 Å². The van der Waals surface area contributed by atoms with Gasteiger partial charge in [0.25, 0.3) is 0 Å². The van der Waals surface area contributed by atoms with Crippen molar-refractivity contribution < 1.29 is 5.11 Å². The molecule has 0 amide bonds. The van der Waals surface area contributed by atoms with Crippen molar-refractivity contribution in [2.24, 2.45) is 0 Å². The molecular weight excluding hydrogens is 404 g/mol. The van der Waals surface area contributed by atoms with Gasteiger partial charge in [-0.3, -0.25) is 4.90 Å². The van der Waals surface area contributed by atoms with E-state index in [9.17, 15) is 5.11 Å². The summed E-state index contributed by atoms with van der Waals surface area (Å²) in [5, 5.41) is 10.5. The zero-order valence-corrected chi connectivity index (χ0v) is 18.4. The number of nitrogens with zero attached hydrogens (tertiary/aromatic N) is 2. The van der Waals surface area contributed by atoms with Crippen molar-refractivity contribution in [2.45, 2.75) is 13.0 Å². The van der Waals surface area contributed by atoms with Crippen molar-refractivity contribution in [1.29, 1.82) is 0 Å². The first-order valence-electron chi connectivity index (χ1n) is 9.53. The first-order chi connectivity index (χ1) is 13.6. The second kappa shape index (κ2) is 8.84. The Morgan fingerprint density at radius 1 is 0.964 bits per heavy atom. The number of rotatable bonds is 4. The van der Waals surface area contributed by atoms with E-state index < -0.39 is 0 Å². The van der Waals surface area contributed by atoms with E-state index in [0.29, 0.717) is 5.75 Å². The Hall–Kier alpha value is -1.57. The summed E-state index contributed by atoms with van der Waals surface area (Å²) in [5.74, 6) is 0.376. The lowest BCUT2D eigenvalue weighted by atomic mass is 10.0. The minimum atomic E-state index is 0.376. The number of phenolic OH excluding ortho intramolecular Hbond substituents is 1. The lowest BCUT2D eigenvalue weighted by molar-refractivity contribution is 0.266. The fraction of sp³-hybridized carbons (Fsp3) is 0.318. The van der Waals surface area contributed by atoms with Crippen LogP contribution in [0, 0.1) is 3.82 Å². The third-order valence-electron chi connectivity index (χ3n) is 5.24. The maximum Gasteiger partial charge on any atom is 0.120 e. The molecule has 1 fully saturated rings. The highest BCUT2D eigenvalue weighted by Gasteiger charge is 2.17. The molecule has 0 aliphatic carbocycles. The molecule has 3 nitrogen and oxygen atoms in total. The summed E-state index contributed by atoms with van der Waals surface area (Å²) in [6.45, 7) is 5.10. The summed E-state index contributed by atoms with van der Waals surface area (Å²) < 4.78 is 0.927. The van der Waals surface area contributed by atoms with E-state index in [4.69, 9.17) is 12.2 Å². The normalized spacial score (nSPS) is 16.2. The Morgan fingerprint density at radius 2 is 1.79 bits per heavy atom. The molecule has 28 heavy (non-hydrogen) atoms. The van der Waals surface area contributed by atoms with Gasteiger partial charge in [0.15, 0.2) is 0 Å². The molecule has 0 spiro atoms. The molecule has 0 bridgehead atoms. The van der Waals surface area contributed by atoms with Crippen molar-refractivity contribution in [2.75, 3.05) is 33.2 Å². The van der Waals surface area contributed by atoms with Gasteiger partial charge in [0.2, 0.25) is 0 Å². The van der Waals surface area contributed by atoms with Gasteiger partial charge in [-0.25, -0.2) is 0 Å². The van der Waals surface area contributed by atoms with Crippen molar-refractivity contribution in [3.8, 4) is 27.3 Å². The molecule has 0 atom stereocenters. The van der Waals surface area contributed by atoms with Gasteiger partial charge in [-0.1, -0.05) is 63.2 Å². The van der Waals surface area contributed by atoms with Crippen molar-refractivity contribution >= 4 is 32.9 Å². The third kappa shape index (κ3) is 4.36. The minimum Gasteiger partial charge on any atom is -0.508 e. The summed E-state index contributed by atoms with van der Waals surface area (Å²) >= 11 is 5.64. The van der Waals surface area contributed by atoms with E-state index in [1.165, 1.54) is 11.3 Å². The fourth-order valence-electron chi connectivity index (χ4n) is 3.65. The number of likely N-dealkylation sites (N-methyl/N-ethyl adjacent to an activating group) is 1. The number of benzene rings is 2. The third-order valence-corrected chi connectivity index (χ3v) is 8.31.